The smallest absolute Gasteiger partial charge is 0.393 e. The molecule has 1 fully saturated rings. The molecule has 0 aromatic carbocycles. The number of nitrogens with zero attached hydrogens (tertiary/aromatic N) is 1. The zero-order chi connectivity index (χ0) is 17.9. The van der Waals surface area contributed by atoms with Gasteiger partial charge in [-0.15, -0.1) is 15.8 Å². The molecule has 1 aromatic heterocycles. The first-order valence-electron chi connectivity index (χ1n) is 6.83. The van der Waals surface area contributed by atoms with Crippen LogP contribution >= 0.6 is 8.25 Å². The van der Waals surface area contributed by atoms with Crippen LogP contribution in [0.2, 0.25) is 0 Å². The summed E-state index contributed by atoms with van der Waals surface area (Å²) in [5.74, 6) is 2.15. The van der Waals surface area contributed by atoms with E-state index >= 15 is 0 Å². The van der Waals surface area contributed by atoms with Gasteiger partial charge in [0.2, 0.25) is 0 Å². The van der Waals surface area contributed by atoms with E-state index in [2.05, 4.69) is 15.4 Å². The Morgan fingerprint density at radius 3 is 2.92 bits per heavy atom. The predicted molar refractivity (Wildman–Crippen MR) is 80.4 cm³/mol. The molecule has 2 heterocycles. The maximum absolute atomic E-state index is 12.0. The van der Waals surface area contributed by atoms with E-state index in [-0.39, 0.29) is 12.2 Å². The quantitative estimate of drug-likeness (QED) is 0.442. The summed E-state index contributed by atoms with van der Waals surface area (Å²) in [4.78, 5) is 34.4. The number of aliphatic hydroxyl groups excluding tert-OH is 1. The molecule has 1 aliphatic rings. The zero-order valence-corrected chi connectivity index (χ0v) is 13.6. The van der Waals surface area contributed by atoms with Gasteiger partial charge in [0.05, 0.1) is 13.2 Å². The van der Waals surface area contributed by atoms with Crippen LogP contribution in [0, 0.1) is 12.3 Å². The van der Waals surface area contributed by atoms with Crippen LogP contribution in [0.3, 0.4) is 0 Å². The third kappa shape index (κ3) is 3.79. The second-order valence-electron chi connectivity index (χ2n) is 5.23. The lowest BCUT2D eigenvalue weighted by atomic mass is 10.1. The number of ether oxygens (including phenoxy) is 2. The average molecular weight is 359 g/mol. The Morgan fingerprint density at radius 1 is 1.62 bits per heavy atom. The largest absolute Gasteiger partial charge is 0.694 e. The zero-order valence-electron chi connectivity index (χ0n) is 12.7. The Kier molecular flexibility index (Phi) is 5.66. The summed E-state index contributed by atoms with van der Waals surface area (Å²) in [6, 6.07) is 0. The number of terminal acetylenes is 1. The van der Waals surface area contributed by atoms with Crippen LogP contribution in [0.4, 0.5) is 0 Å². The first kappa shape index (κ1) is 18.5. The molecule has 3 N–H and O–H groups in total. The number of aliphatic hydroxyl groups is 1. The second-order valence-corrected chi connectivity index (χ2v) is 5.96. The Hall–Kier alpha value is -1.86. The molecule has 24 heavy (non-hydrogen) atoms. The van der Waals surface area contributed by atoms with E-state index in [0.717, 1.165) is 10.8 Å². The van der Waals surface area contributed by atoms with E-state index in [1.54, 1.807) is 6.92 Å². The standard InChI is InChI=1S/C13H15N2O8P/c1-3-9-4-15(12(18)14-10(9)17)11-8(2)21-6-13(5-16,23-11)7-22-24(19)20/h1,4,8,11,16H,5-7H2,2H3,(H-,14,17,18,19,20)/p+1. The number of rotatable bonds is 5. The Morgan fingerprint density at radius 2 is 2.33 bits per heavy atom. The fourth-order valence-corrected chi connectivity index (χ4v) is 2.53. The van der Waals surface area contributed by atoms with Crippen molar-refractivity contribution in [3.05, 3.63) is 32.6 Å². The van der Waals surface area contributed by atoms with Crippen molar-refractivity contribution in [1.82, 2.24) is 9.55 Å². The van der Waals surface area contributed by atoms with E-state index in [4.69, 9.17) is 20.8 Å². The van der Waals surface area contributed by atoms with Crippen LogP contribution in [-0.2, 0) is 18.6 Å². The van der Waals surface area contributed by atoms with Gasteiger partial charge in [0, 0.05) is 10.8 Å². The van der Waals surface area contributed by atoms with Gasteiger partial charge in [-0.3, -0.25) is 14.3 Å². The number of aromatic nitrogens is 2. The Balaban J connectivity index is 2.38. The van der Waals surface area contributed by atoms with Crippen molar-refractivity contribution in [2.75, 3.05) is 19.8 Å². The topological polar surface area (TPSA) is 140 Å². The first-order chi connectivity index (χ1) is 11.3. The Labute approximate surface area is 136 Å². The van der Waals surface area contributed by atoms with Crippen LogP contribution in [0.5, 0.6) is 0 Å². The molecule has 0 amide bonds. The molecule has 0 aliphatic carbocycles. The molecule has 11 heteroatoms. The number of nitrogens with one attached hydrogen (secondary N) is 1. The minimum Gasteiger partial charge on any atom is -0.393 e. The highest BCUT2D eigenvalue weighted by Crippen LogP contribution is 2.31. The maximum atomic E-state index is 12.0. The van der Waals surface area contributed by atoms with Gasteiger partial charge in [-0.2, -0.15) is 0 Å². The summed E-state index contributed by atoms with van der Waals surface area (Å²) in [6.07, 6.45) is 4.70. The third-order valence-electron chi connectivity index (χ3n) is 3.51. The maximum Gasteiger partial charge on any atom is 0.694 e. The average Bonchev–Trinajstić information content (AvgIpc) is 2.55. The number of hydrogen-bond donors (Lipinski definition) is 3. The van der Waals surface area contributed by atoms with E-state index < -0.39 is 50.7 Å². The summed E-state index contributed by atoms with van der Waals surface area (Å²) < 4.78 is 27.6. The highest BCUT2D eigenvalue weighted by atomic mass is 31.1. The number of aromatic amines is 1. The molecule has 2 rings (SSSR count). The molecular formula is C13H16N2O8P+. The van der Waals surface area contributed by atoms with Crippen molar-refractivity contribution in [2.45, 2.75) is 24.9 Å². The van der Waals surface area contributed by atoms with Crippen LogP contribution in [0.1, 0.15) is 18.7 Å². The lowest BCUT2D eigenvalue weighted by Gasteiger charge is -2.41. The van der Waals surface area contributed by atoms with Gasteiger partial charge < -0.3 is 14.6 Å². The fraction of sp³-hybridized carbons (Fsp3) is 0.538. The van der Waals surface area contributed by atoms with E-state index in [1.165, 1.54) is 0 Å². The van der Waals surface area contributed by atoms with E-state index in [0.29, 0.717) is 0 Å². The highest BCUT2D eigenvalue weighted by Gasteiger charge is 2.44. The van der Waals surface area contributed by atoms with Crippen LogP contribution < -0.4 is 11.2 Å². The molecule has 10 nitrogen and oxygen atoms in total. The van der Waals surface area contributed by atoms with Gasteiger partial charge in [0.25, 0.3) is 5.56 Å². The molecule has 4 atom stereocenters. The van der Waals surface area contributed by atoms with Crippen molar-refractivity contribution in [3.63, 3.8) is 0 Å². The Bertz CT molecular complexity index is 781. The van der Waals surface area contributed by atoms with Gasteiger partial charge in [0.1, 0.15) is 23.9 Å². The molecule has 0 radical (unpaired) electrons. The van der Waals surface area contributed by atoms with Crippen LogP contribution in [0.15, 0.2) is 15.8 Å². The minimum absolute atomic E-state index is 0.0831. The lowest BCUT2D eigenvalue weighted by Crippen LogP contribution is -2.55. The van der Waals surface area contributed by atoms with Gasteiger partial charge in [-0.25, -0.2) is 4.79 Å². The third-order valence-corrected chi connectivity index (χ3v) is 3.86. The van der Waals surface area contributed by atoms with Crippen molar-refractivity contribution in [3.8, 4) is 12.3 Å². The van der Waals surface area contributed by atoms with Gasteiger partial charge in [-0.05, 0) is 6.92 Å². The molecule has 0 saturated carbocycles. The van der Waals surface area contributed by atoms with Crippen LogP contribution in [-0.4, -0.2) is 51.1 Å². The summed E-state index contributed by atoms with van der Waals surface area (Å²) in [7, 11) is -2.90. The molecule has 4 unspecified atom stereocenters. The van der Waals surface area contributed by atoms with Crippen molar-refractivity contribution < 1.29 is 28.6 Å². The van der Waals surface area contributed by atoms with E-state index in [1.807, 2.05) is 0 Å². The summed E-state index contributed by atoms with van der Waals surface area (Å²) in [5, 5.41) is 9.58. The fourth-order valence-electron chi connectivity index (χ4n) is 2.19. The van der Waals surface area contributed by atoms with Gasteiger partial charge in [0.15, 0.2) is 6.23 Å². The first-order valence-corrected chi connectivity index (χ1v) is 7.96. The number of H-pyrrole nitrogens is 1. The van der Waals surface area contributed by atoms with Crippen molar-refractivity contribution >= 4 is 8.25 Å². The summed E-state index contributed by atoms with van der Waals surface area (Å²) in [5.41, 5.74) is -3.02. The SMILES string of the molecule is C#Cc1cn(C2OC(CO)(CO[P+](=O)O)COC2C)c(=O)[nH]c1=O. The lowest BCUT2D eigenvalue weighted by molar-refractivity contribution is -0.271. The minimum atomic E-state index is -2.90. The normalized spacial score (nSPS) is 27.5. The van der Waals surface area contributed by atoms with Gasteiger partial charge >= 0.3 is 13.9 Å². The number of hydrogen-bond acceptors (Lipinski definition) is 7. The summed E-state index contributed by atoms with van der Waals surface area (Å²) >= 11 is 0. The molecule has 1 aromatic rings. The van der Waals surface area contributed by atoms with Crippen LogP contribution in [0.25, 0.3) is 0 Å². The molecule has 0 spiro atoms. The summed E-state index contributed by atoms with van der Waals surface area (Å²) in [6.45, 7) is 0.481. The van der Waals surface area contributed by atoms with E-state index in [9.17, 15) is 19.3 Å². The monoisotopic (exact) mass is 359 g/mol. The predicted octanol–water partition coefficient (Wildman–Crippen LogP) is -1.15. The molecule has 1 aliphatic heterocycles. The van der Waals surface area contributed by atoms with Crippen molar-refractivity contribution in [2.24, 2.45) is 0 Å². The molecule has 0 bridgehead atoms. The highest BCUT2D eigenvalue weighted by molar-refractivity contribution is 7.32. The molecule has 130 valence electrons. The molecule has 1 saturated heterocycles. The van der Waals surface area contributed by atoms with Gasteiger partial charge in [-0.1, -0.05) is 5.92 Å². The molecular weight excluding hydrogens is 343 g/mol. The van der Waals surface area contributed by atoms with Crippen molar-refractivity contribution in [1.29, 1.82) is 0 Å². The second kappa shape index (κ2) is 7.36.